The summed E-state index contributed by atoms with van der Waals surface area (Å²) in [6, 6.07) is 0.150. The molecule has 0 aromatic carbocycles. The van der Waals surface area contributed by atoms with Crippen molar-refractivity contribution in [3.8, 4) is 0 Å². The van der Waals surface area contributed by atoms with Crippen molar-refractivity contribution in [3.05, 3.63) is 0 Å². The zero-order valence-electron chi connectivity index (χ0n) is 12.2. The Kier molecular flexibility index (Phi) is 6.20. The number of nitrogens with one attached hydrogen (secondary N) is 1. The topological polar surface area (TPSA) is 64.4 Å². The van der Waals surface area contributed by atoms with Crippen LogP contribution < -0.4 is 11.1 Å². The van der Waals surface area contributed by atoms with Gasteiger partial charge in [0, 0.05) is 19.3 Å². The maximum absolute atomic E-state index is 12.6. The van der Waals surface area contributed by atoms with Gasteiger partial charge in [-0.15, -0.1) is 0 Å². The summed E-state index contributed by atoms with van der Waals surface area (Å²) >= 11 is 5.14. The quantitative estimate of drug-likeness (QED) is 0.733. The van der Waals surface area contributed by atoms with Gasteiger partial charge in [-0.25, -0.2) is 0 Å². The van der Waals surface area contributed by atoms with Crippen LogP contribution in [0.15, 0.2) is 0 Å². The van der Waals surface area contributed by atoms with Gasteiger partial charge < -0.3 is 15.8 Å². The zero-order chi connectivity index (χ0) is 14.5. The smallest absolute Gasteiger partial charge is 0.233 e. The Balaban J connectivity index is 2.75. The van der Waals surface area contributed by atoms with Gasteiger partial charge in [0.05, 0.1) is 4.99 Å². The second-order valence-corrected chi connectivity index (χ2v) is 5.84. The molecule has 1 unspecified atom stereocenters. The molecule has 1 saturated heterocycles. The summed E-state index contributed by atoms with van der Waals surface area (Å²) < 4.78 is 5.32. The minimum atomic E-state index is -0.714. The normalized spacial score (nSPS) is 20.0. The number of nitrogens with two attached hydrogens (primary N) is 1. The Morgan fingerprint density at radius 2 is 1.89 bits per heavy atom. The van der Waals surface area contributed by atoms with Gasteiger partial charge in [-0.3, -0.25) is 4.79 Å². The second-order valence-electron chi connectivity index (χ2n) is 5.40. The minimum absolute atomic E-state index is 0.0253. The van der Waals surface area contributed by atoms with Gasteiger partial charge in [-0.2, -0.15) is 0 Å². The number of hydrogen-bond acceptors (Lipinski definition) is 3. The van der Waals surface area contributed by atoms with Gasteiger partial charge in [0.15, 0.2) is 0 Å². The van der Waals surface area contributed by atoms with Crippen LogP contribution in [0.4, 0.5) is 0 Å². The van der Waals surface area contributed by atoms with Crippen molar-refractivity contribution < 1.29 is 9.53 Å². The molecule has 1 atom stereocenters. The molecule has 0 aliphatic carbocycles. The fraction of sp³-hybridized carbons (Fsp3) is 0.857. The van der Waals surface area contributed by atoms with Crippen LogP contribution in [0.25, 0.3) is 0 Å². The molecule has 1 fully saturated rings. The predicted molar refractivity (Wildman–Crippen MR) is 80.9 cm³/mol. The summed E-state index contributed by atoms with van der Waals surface area (Å²) in [5, 5.41) is 3.11. The first-order chi connectivity index (χ1) is 8.97. The molecule has 0 aromatic heterocycles. The van der Waals surface area contributed by atoms with Gasteiger partial charge in [0.2, 0.25) is 5.91 Å². The lowest BCUT2D eigenvalue weighted by molar-refractivity contribution is -0.132. The van der Waals surface area contributed by atoms with Crippen molar-refractivity contribution in [3.63, 3.8) is 0 Å². The van der Waals surface area contributed by atoms with Gasteiger partial charge in [-0.1, -0.05) is 38.9 Å². The largest absolute Gasteiger partial charge is 0.392 e. The van der Waals surface area contributed by atoms with Crippen molar-refractivity contribution in [2.24, 2.45) is 17.1 Å². The lowest BCUT2D eigenvalue weighted by atomic mass is 9.78. The number of carbonyl (C=O) groups excluding carboxylic acids is 1. The summed E-state index contributed by atoms with van der Waals surface area (Å²) in [5.74, 6) is 0.467. The monoisotopic (exact) mass is 286 g/mol. The van der Waals surface area contributed by atoms with Crippen molar-refractivity contribution in [2.45, 2.75) is 52.5 Å². The summed E-state index contributed by atoms with van der Waals surface area (Å²) in [6.07, 6.45) is 3.29. The average Bonchev–Trinajstić information content (AvgIpc) is 2.40. The molecule has 5 heteroatoms. The minimum Gasteiger partial charge on any atom is -0.392 e. The van der Waals surface area contributed by atoms with Crippen LogP contribution in [0.5, 0.6) is 0 Å². The van der Waals surface area contributed by atoms with Crippen LogP contribution in [-0.4, -0.2) is 30.2 Å². The summed E-state index contributed by atoms with van der Waals surface area (Å²) in [4.78, 5) is 12.9. The van der Waals surface area contributed by atoms with E-state index >= 15 is 0 Å². The SMILES string of the molecule is CCC(CC)C(C)NC(=O)C1(C(N)=S)CCOCC1. The van der Waals surface area contributed by atoms with E-state index in [2.05, 4.69) is 26.1 Å². The molecule has 0 radical (unpaired) electrons. The highest BCUT2D eigenvalue weighted by molar-refractivity contribution is 7.80. The maximum atomic E-state index is 12.6. The van der Waals surface area contributed by atoms with Crippen LogP contribution in [0.3, 0.4) is 0 Å². The van der Waals surface area contributed by atoms with Gasteiger partial charge in [0.1, 0.15) is 5.41 Å². The third-order valence-electron chi connectivity index (χ3n) is 4.37. The third-order valence-corrected chi connectivity index (χ3v) is 4.76. The molecule has 1 heterocycles. The molecule has 0 aromatic rings. The maximum Gasteiger partial charge on any atom is 0.233 e. The molecule has 1 aliphatic rings. The molecule has 0 saturated carbocycles. The highest BCUT2D eigenvalue weighted by atomic mass is 32.1. The van der Waals surface area contributed by atoms with Gasteiger partial charge in [0.25, 0.3) is 0 Å². The Hall–Kier alpha value is -0.680. The Labute approximate surface area is 121 Å². The van der Waals surface area contributed by atoms with E-state index in [0.717, 1.165) is 12.8 Å². The first kappa shape index (κ1) is 16.4. The lowest BCUT2D eigenvalue weighted by Crippen LogP contribution is -2.54. The van der Waals surface area contributed by atoms with E-state index in [0.29, 0.717) is 37.0 Å². The van der Waals surface area contributed by atoms with Crippen LogP contribution >= 0.6 is 12.2 Å². The highest BCUT2D eigenvalue weighted by Gasteiger charge is 2.43. The fourth-order valence-corrected chi connectivity index (χ4v) is 3.06. The van der Waals surface area contributed by atoms with Crippen LogP contribution in [0.1, 0.15) is 46.5 Å². The molecular weight excluding hydrogens is 260 g/mol. The summed E-state index contributed by atoms with van der Waals surface area (Å²) in [7, 11) is 0. The average molecular weight is 286 g/mol. The number of thiocarbonyl (C=S) groups is 1. The van der Waals surface area contributed by atoms with Crippen molar-refractivity contribution in [1.29, 1.82) is 0 Å². The number of carbonyl (C=O) groups is 1. The molecule has 19 heavy (non-hydrogen) atoms. The molecule has 4 nitrogen and oxygen atoms in total. The number of rotatable bonds is 6. The zero-order valence-corrected chi connectivity index (χ0v) is 13.0. The summed E-state index contributed by atoms with van der Waals surface area (Å²) in [6.45, 7) is 7.44. The number of hydrogen-bond donors (Lipinski definition) is 2. The standard InChI is InChI=1S/C14H26N2O2S/c1-4-11(5-2)10(3)16-13(17)14(12(15)19)6-8-18-9-7-14/h10-11H,4-9H2,1-3H3,(H2,15,19)(H,16,17). The molecule has 3 N–H and O–H groups in total. The second kappa shape index (κ2) is 7.20. The van der Waals surface area contributed by atoms with E-state index in [4.69, 9.17) is 22.7 Å². The van der Waals surface area contributed by atoms with Crippen molar-refractivity contribution in [2.75, 3.05) is 13.2 Å². The molecule has 1 amide bonds. The van der Waals surface area contributed by atoms with Crippen LogP contribution in [0, 0.1) is 11.3 Å². The first-order valence-corrected chi connectivity index (χ1v) is 7.57. The fourth-order valence-electron chi connectivity index (χ4n) is 2.76. The molecule has 110 valence electrons. The first-order valence-electron chi connectivity index (χ1n) is 7.16. The highest BCUT2D eigenvalue weighted by Crippen LogP contribution is 2.31. The Morgan fingerprint density at radius 3 is 2.32 bits per heavy atom. The molecule has 1 aliphatic heterocycles. The number of amides is 1. The van der Waals surface area contributed by atoms with Crippen LogP contribution in [0.2, 0.25) is 0 Å². The molecule has 0 spiro atoms. The van der Waals surface area contributed by atoms with E-state index in [-0.39, 0.29) is 11.9 Å². The summed E-state index contributed by atoms with van der Waals surface area (Å²) in [5.41, 5.74) is 5.12. The molecule has 1 rings (SSSR count). The Bertz CT molecular complexity index is 323. The lowest BCUT2D eigenvalue weighted by Gasteiger charge is -2.36. The van der Waals surface area contributed by atoms with E-state index in [1.165, 1.54) is 0 Å². The predicted octanol–water partition coefficient (Wildman–Crippen LogP) is 2.01. The third kappa shape index (κ3) is 3.66. The van der Waals surface area contributed by atoms with E-state index in [1.807, 2.05) is 0 Å². The number of ether oxygens (including phenoxy) is 1. The van der Waals surface area contributed by atoms with Crippen LogP contribution in [-0.2, 0) is 9.53 Å². The Morgan fingerprint density at radius 1 is 1.37 bits per heavy atom. The van der Waals surface area contributed by atoms with Crippen molar-refractivity contribution >= 4 is 23.1 Å². The van der Waals surface area contributed by atoms with Crippen molar-refractivity contribution in [1.82, 2.24) is 5.32 Å². The molecular formula is C14H26N2O2S. The van der Waals surface area contributed by atoms with E-state index in [9.17, 15) is 4.79 Å². The van der Waals surface area contributed by atoms with Gasteiger partial charge >= 0.3 is 0 Å². The molecule has 0 bridgehead atoms. The van der Waals surface area contributed by atoms with E-state index < -0.39 is 5.41 Å². The van der Waals surface area contributed by atoms with E-state index in [1.54, 1.807) is 0 Å². The van der Waals surface area contributed by atoms with Gasteiger partial charge in [-0.05, 0) is 25.7 Å².